The Morgan fingerprint density at radius 1 is 0.824 bits per heavy atom. The lowest BCUT2D eigenvalue weighted by atomic mass is 9.88. The summed E-state index contributed by atoms with van der Waals surface area (Å²) in [5.41, 5.74) is 6.24. The summed E-state index contributed by atoms with van der Waals surface area (Å²) in [6.07, 6.45) is 1.37. The van der Waals surface area contributed by atoms with E-state index in [2.05, 4.69) is 12.1 Å². The van der Waals surface area contributed by atoms with Gasteiger partial charge in [0.05, 0.1) is 22.5 Å². The maximum atomic E-state index is 12.4. The fraction of sp³-hybridized carbons (Fsp3) is 0.179. The maximum absolute atomic E-state index is 12.4. The molecule has 0 bridgehead atoms. The van der Waals surface area contributed by atoms with Gasteiger partial charge in [-0.1, -0.05) is 59.7 Å². The highest BCUT2D eigenvalue weighted by Gasteiger charge is 2.54. The van der Waals surface area contributed by atoms with Crippen LogP contribution >= 0.6 is 0 Å². The lowest BCUT2D eigenvalue weighted by Gasteiger charge is -2.36. The lowest BCUT2D eigenvalue weighted by Crippen LogP contribution is -2.36. The van der Waals surface area contributed by atoms with Crippen LogP contribution in [-0.2, 0) is 27.1 Å². The zero-order valence-corrected chi connectivity index (χ0v) is 19.3. The molecule has 0 amide bonds. The van der Waals surface area contributed by atoms with Crippen molar-refractivity contribution in [3.63, 3.8) is 0 Å². The SMILES string of the molecule is CC1=CC(=O)OC12OC(c1ccc(C)cc1)=C(C#N)c1c2c(C#N)c(-c2ccc(C)cc2)n1C. The number of carbonyl (C=O) groups excluding carboxylic acids is 1. The third-order valence-electron chi connectivity index (χ3n) is 6.39. The quantitative estimate of drug-likeness (QED) is 0.500. The molecule has 2 aromatic carbocycles. The number of aryl methyl sites for hydroxylation is 2. The Balaban J connectivity index is 1.91. The van der Waals surface area contributed by atoms with E-state index >= 15 is 0 Å². The Kier molecular flexibility index (Phi) is 4.70. The molecule has 0 fully saturated rings. The van der Waals surface area contributed by atoms with Crippen molar-refractivity contribution in [3.05, 3.63) is 93.7 Å². The normalized spacial score (nSPS) is 18.6. The van der Waals surface area contributed by atoms with Gasteiger partial charge in [-0.3, -0.25) is 0 Å². The van der Waals surface area contributed by atoms with Gasteiger partial charge in [-0.2, -0.15) is 10.5 Å². The molecule has 3 aromatic rings. The summed E-state index contributed by atoms with van der Waals surface area (Å²) in [6.45, 7) is 5.70. The Bertz CT molecular complexity index is 1510. The Labute approximate surface area is 197 Å². The number of benzene rings is 2. The summed E-state index contributed by atoms with van der Waals surface area (Å²) >= 11 is 0. The third kappa shape index (κ3) is 2.89. The molecule has 0 saturated heterocycles. The summed E-state index contributed by atoms with van der Waals surface area (Å²) < 4.78 is 14.0. The van der Waals surface area contributed by atoms with Crippen LogP contribution in [0.4, 0.5) is 0 Å². The van der Waals surface area contributed by atoms with Gasteiger partial charge in [0.1, 0.15) is 17.7 Å². The number of nitriles is 2. The summed E-state index contributed by atoms with van der Waals surface area (Å²) in [4.78, 5) is 12.4. The van der Waals surface area contributed by atoms with Gasteiger partial charge in [-0.15, -0.1) is 0 Å². The number of aromatic nitrogens is 1. The average molecular weight is 447 g/mol. The van der Waals surface area contributed by atoms with Crippen LogP contribution in [0, 0.1) is 36.5 Å². The predicted molar refractivity (Wildman–Crippen MR) is 127 cm³/mol. The van der Waals surface area contributed by atoms with Crippen LogP contribution in [0.5, 0.6) is 0 Å². The van der Waals surface area contributed by atoms with Crippen molar-refractivity contribution in [1.29, 1.82) is 10.5 Å². The van der Waals surface area contributed by atoms with Crippen molar-refractivity contribution >= 4 is 17.3 Å². The number of carbonyl (C=O) groups is 1. The van der Waals surface area contributed by atoms with Crippen molar-refractivity contribution in [1.82, 2.24) is 4.57 Å². The topological polar surface area (TPSA) is 88.0 Å². The molecule has 34 heavy (non-hydrogen) atoms. The molecule has 166 valence electrons. The fourth-order valence-corrected chi connectivity index (χ4v) is 4.69. The first-order chi connectivity index (χ1) is 16.3. The zero-order valence-electron chi connectivity index (χ0n) is 19.3. The Hall–Kier alpha value is -4.55. The second kappa shape index (κ2) is 7.50. The highest BCUT2D eigenvalue weighted by atomic mass is 16.7. The summed E-state index contributed by atoms with van der Waals surface area (Å²) in [7, 11) is 1.81. The first-order valence-electron chi connectivity index (χ1n) is 10.8. The molecule has 6 heteroatoms. The van der Waals surface area contributed by atoms with Crippen molar-refractivity contribution < 1.29 is 14.3 Å². The Morgan fingerprint density at radius 3 is 1.91 bits per heavy atom. The Morgan fingerprint density at radius 2 is 1.41 bits per heavy atom. The molecule has 1 aromatic heterocycles. The zero-order chi connectivity index (χ0) is 24.2. The van der Waals surface area contributed by atoms with Crippen LogP contribution in [0.3, 0.4) is 0 Å². The van der Waals surface area contributed by atoms with Crippen molar-refractivity contribution in [3.8, 4) is 23.4 Å². The second-order valence-electron chi connectivity index (χ2n) is 8.63. The number of hydrogen-bond acceptors (Lipinski definition) is 5. The number of rotatable bonds is 2. The van der Waals surface area contributed by atoms with Gasteiger partial charge in [0.25, 0.3) is 0 Å². The van der Waals surface area contributed by atoms with Gasteiger partial charge in [-0.25, -0.2) is 4.79 Å². The van der Waals surface area contributed by atoms with Crippen molar-refractivity contribution in [2.75, 3.05) is 0 Å². The minimum absolute atomic E-state index is 0.276. The molecule has 0 saturated carbocycles. The van der Waals surface area contributed by atoms with E-state index in [0.717, 1.165) is 16.7 Å². The molecule has 2 aliphatic rings. The van der Waals surface area contributed by atoms with Crippen LogP contribution in [0.25, 0.3) is 22.6 Å². The first-order valence-corrected chi connectivity index (χ1v) is 10.8. The number of esters is 1. The number of nitrogens with zero attached hydrogens (tertiary/aromatic N) is 3. The molecular formula is C28H21N3O3. The van der Waals surface area contributed by atoms with Gasteiger partial charge in [0.2, 0.25) is 0 Å². The van der Waals surface area contributed by atoms with E-state index in [1.807, 2.05) is 74.0 Å². The molecule has 3 heterocycles. The van der Waals surface area contributed by atoms with E-state index in [9.17, 15) is 15.3 Å². The van der Waals surface area contributed by atoms with Gasteiger partial charge in [-0.05, 0) is 26.3 Å². The molecule has 5 rings (SSSR count). The maximum Gasteiger partial charge on any atom is 0.334 e. The largest absolute Gasteiger partial charge is 0.442 e. The van der Waals surface area contributed by atoms with E-state index in [4.69, 9.17) is 9.47 Å². The highest BCUT2D eigenvalue weighted by molar-refractivity contribution is 6.00. The number of ether oxygens (including phenoxy) is 2. The molecule has 0 radical (unpaired) electrons. The van der Waals surface area contributed by atoms with Crippen LogP contribution in [0.15, 0.2) is 60.2 Å². The second-order valence-corrected chi connectivity index (χ2v) is 8.63. The lowest BCUT2D eigenvalue weighted by molar-refractivity contribution is -0.184. The van der Waals surface area contributed by atoms with E-state index in [1.54, 1.807) is 6.92 Å². The van der Waals surface area contributed by atoms with Gasteiger partial charge >= 0.3 is 11.8 Å². The fourth-order valence-electron chi connectivity index (χ4n) is 4.69. The number of hydrogen-bond donors (Lipinski definition) is 0. The van der Waals surface area contributed by atoms with E-state index in [0.29, 0.717) is 39.4 Å². The van der Waals surface area contributed by atoms with E-state index in [1.165, 1.54) is 6.08 Å². The van der Waals surface area contributed by atoms with Crippen molar-refractivity contribution in [2.24, 2.45) is 7.05 Å². The molecule has 6 nitrogen and oxygen atoms in total. The predicted octanol–water partition coefficient (Wildman–Crippen LogP) is 5.26. The van der Waals surface area contributed by atoms with E-state index < -0.39 is 11.8 Å². The molecule has 1 atom stereocenters. The monoisotopic (exact) mass is 447 g/mol. The first kappa shape index (κ1) is 21.3. The van der Waals surface area contributed by atoms with Crippen LogP contribution in [0.1, 0.15) is 40.4 Å². The molecule has 0 aliphatic carbocycles. The minimum atomic E-state index is -1.63. The average Bonchev–Trinajstić information content (AvgIpc) is 3.28. The van der Waals surface area contributed by atoms with Crippen LogP contribution < -0.4 is 0 Å². The third-order valence-corrected chi connectivity index (χ3v) is 6.39. The molecule has 1 spiro atoms. The highest BCUT2D eigenvalue weighted by Crippen LogP contribution is 2.53. The summed E-state index contributed by atoms with van der Waals surface area (Å²) in [5.74, 6) is -1.88. The van der Waals surface area contributed by atoms with Crippen molar-refractivity contribution in [2.45, 2.75) is 26.6 Å². The number of fused-ring (bicyclic) bond motifs is 2. The molecule has 1 unspecified atom stereocenters. The van der Waals surface area contributed by atoms with Gasteiger partial charge < -0.3 is 14.0 Å². The molecule has 0 N–H and O–H groups in total. The molecular weight excluding hydrogens is 426 g/mol. The van der Waals surface area contributed by atoms with Crippen LogP contribution in [0.2, 0.25) is 0 Å². The standard InChI is InChI=1S/C28H21N3O3/c1-16-5-9-19(10-6-16)25-21(14-29)24-26(31(25)4)22(15-30)27(20-11-7-17(2)8-12-20)34-28(24)18(3)13-23(32)33-28/h5-13H,1-4H3. The van der Waals surface area contributed by atoms with Crippen LogP contribution in [-0.4, -0.2) is 10.5 Å². The minimum Gasteiger partial charge on any atom is -0.442 e. The molecule has 2 aliphatic heterocycles. The van der Waals surface area contributed by atoms with E-state index in [-0.39, 0.29) is 5.57 Å². The summed E-state index contributed by atoms with van der Waals surface area (Å²) in [5, 5.41) is 20.6. The van der Waals surface area contributed by atoms with Gasteiger partial charge in [0.15, 0.2) is 5.76 Å². The smallest absolute Gasteiger partial charge is 0.334 e. The summed E-state index contributed by atoms with van der Waals surface area (Å²) in [6, 6.07) is 20.0. The van der Waals surface area contributed by atoms with Gasteiger partial charge in [0, 0.05) is 24.3 Å². The number of allylic oxidation sites excluding steroid dienone is 1.